The number of nitrogens with one attached hydrogen (secondary N) is 2. The van der Waals surface area contributed by atoms with Crippen molar-refractivity contribution in [2.24, 2.45) is 28.6 Å². The summed E-state index contributed by atoms with van der Waals surface area (Å²) in [6.07, 6.45) is 4.32. The van der Waals surface area contributed by atoms with Crippen molar-refractivity contribution in [2.75, 3.05) is 6.61 Å². The van der Waals surface area contributed by atoms with Gasteiger partial charge in [0.1, 0.15) is 12.1 Å². The van der Waals surface area contributed by atoms with Crippen molar-refractivity contribution in [3.05, 3.63) is 71.8 Å². The molecule has 2 N–H and O–H groups in total. The predicted molar refractivity (Wildman–Crippen MR) is 180 cm³/mol. The third-order valence-corrected chi connectivity index (χ3v) is 7.98. The molecule has 2 rings (SSSR count). The first-order valence-electron chi connectivity index (χ1n) is 16.4. The molecule has 0 radical (unpaired) electrons. The van der Waals surface area contributed by atoms with Gasteiger partial charge in [-0.05, 0) is 66.4 Å². The van der Waals surface area contributed by atoms with Crippen molar-refractivity contribution < 1.29 is 19.1 Å². The van der Waals surface area contributed by atoms with Crippen LogP contribution in [0.2, 0.25) is 0 Å². The highest BCUT2D eigenvalue weighted by Gasteiger charge is 2.33. The van der Waals surface area contributed by atoms with E-state index < -0.39 is 18.1 Å². The Bertz CT molecular complexity index is 1150. The van der Waals surface area contributed by atoms with Gasteiger partial charge in [-0.2, -0.15) is 0 Å². The van der Waals surface area contributed by atoms with Crippen LogP contribution in [0.4, 0.5) is 0 Å². The van der Waals surface area contributed by atoms with Crippen LogP contribution in [0.15, 0.2) is 60.7 Å². The van der Waals surface area contributed by atoms with Crippen LogP contribution in [0.3, 0.4) is 0 Å². The average molecular weight is 607 g/mol. The summed E-state index contributed by atoms with van der Waals surface area (Å²) in [5.41, 5.74) is 2.14. The van der Waals surface area contributed by atoms with Crippen molar-refractivity contribution in [3.8, 4) is 0 Å². The van der Waals surface area contributed by atoms with Crippen molar-refractivity contribution in [1.82, 2.24) is 10.6 Å². The second-order valence-corrected chi connectivity index (χ2v) is 15.0. The van der Waals surface area contributed by atoms with E-state index in [2.05, 4.69) is 66.0 Å². The molecule has 2 amide bonds. The Morgan fingerprint density at radius 2 is 1.16 bits per heavy atom. The molecule has 44 heavy (non-hydrogen) atoms. The van der Waals surface area contributed by atoms with E-state index in [4.69, 9.17) is 4.74 Å². The molecule has 2 aromatic carbocycles. The fourth-order valence-corrected chi connectivity index (χ4v) is 6.29. The fourth-order valence-electron chi connectivity index (χ4n) is 6.29. The van der Waals surface area contributed by atoms with Crippen molar-refractivity contribution >= 4 is 17.8 Å². The maximum Gasteiger partial charge on any atom is 0.328 e. The Morgan fingerprint density at radius 1 is 0.682 bits per heavy atom. The third kappa shape index (κ3) is 14.1. The topological polar surface area (TPSA) is 84.5 Å². The van der Waals surface area contributed by atoms with Gasteiger partial charge in [0, 0.05) is 18.8 Å². The van der Waals surface area contributed by atoms with Crippen LogP contribution in [0, 0.1) is 28.6 Å². The number of hydrogen-bond acceptors (Lipinski definition) is 4. The quantitative estimate of drug-likeness (QED) is 0.193. The van der Waals surface area contributed by atoms with Gasteiger partial charge in [0.25, 0.3) is 0 Å². The van der Waals surface area contributed by atoms with Crippen LogP contribution in [-0.4, -0.2) is 36.5 Å². The standard InChI is InChI=1S/C38H58N2O4/c1-10-44-36(43)33(24-30-19-15-12-16-20-30)40-35(42)32(23-29-17-13-11-14-18-29)39-34(41)31(28(3)26-38(7,8)9)22-21-27(2)25-37(4,5)6/h11-20,27-28,31-33H,10,21-26H2,1-9H3,(H,39,41)(H,40,42)/t27?,28?,31?,32-,33-/m0/s1. The molecular formula is C38H58N2O4. The summed E-state index contributed by atoms with van der Waals surface area (Å²) in [5, 5.41) is 6.07. The first kappa shape index (κ1) is 37.0. The van der Waals surface area contributed by atoms with Gasteiger partial charge >= 0.3 is 5.97 Å². The number of carbonyl (C=O) groups is 3. The van der Waals surface area contributed by atoms with E-state index in [9.17, 15) is 14.4 Å². The molecule has 6 nitrogen and oxygen atoms in total. The van der Waals surface area contributed by atoms with Crippen LogP contribution in [0.5, 0.6) is 0 Å². The largest absolute Gasteiger partial charge is 0.464 e. The lowest BCUT2D eigenvalue weighted by atomic mass is 9.75. The van der Waals surface area contributed by atoms with E-state index in [1.54, 1.807) is 6.92 Å². The van der Waals surface area contributed by atoms with Gasteiger partial charge in [0.05, 0.1) is 6.61 Å². The highest BCUT2D eigenvalue weighted by Crippen LogP contribution is 2.34. The summed E-state index contributed by atoms with van der Waals surface area (Å²) >= 11 is 0. The molecule has 0 aliphatic carbocycles. The lowest BCUT2D eigenvalue weighted by Gasteiger charge is -2.32. The highest BCUT2D eigenvalue weighted by atomic mass is 16.5. The first-order valence-corrected chi connectivity index (χ1v) is 16.4. The molecule has 0 bridgehead atoms. The van der Waals surface area contributed by atoms with Crippen molar-refractivity contribution in [2.45, 2.75) is 113 Å². The van der Waals surface area contributed by atoms with Gasteiger partial charge in [0.2, 0.25) is 11.8 Å². The monoisotopic (exact) mass is 606 g/mol. The summed E-state index contributed by atoms with van der Waals surface area (Å²) in [7, 11) is 0. The summed E-state index contributed by atoms with van der Waals surface area (Å²) in [6.45, 7) is 19.8. The molecule has 0 saturated carbocycles. The Balaban J connectivity index is 2.33. The smallest absolute Gasteiger partial charge is 0.328 e. The minimum Gasteiger partial charge on any atom is -0.464 e. The molecule has 0 saturated heterocycles. The molecule has 0 fully saturated rings. The Morgan fingerprint density at radius 3 is 1.64 bits per heavy atom. The number of rotatable bonds is 16. The molecule has 5 atom stereocenters. The molecule has 0 aliphatic heterocycles. The van der Waals surface area contributed by atoms with E-state index in [1.807, 2.05) is 60.7 Å². The van der Waals surface area contributed by atoms with E-state index in [0.29, 0.717) is 18.8 Å². The number of hydrogen-bond donors (Lipinski definition) is 2. The summed E-state index contributed by atoms with van der Waals surface area (Å²) in [4.78, 5) is 40.9. The first-order chi connectivity index (χ1) is 20.6. The van der Waals surface area contributed by atoms with Gasteiger partial charge in [0.15, 0.2) is 0 Å². The minimum absolute atomic E-state index is 0.0695. The van der Waals surface area contributed by atoms with E-state index in [-0.39, 0.29) is 41.1 Å². The normalized spacial score (nSPS) is 15.4. The Kier molecular flexibility index (Phi) is 14.6. The van der Waals surface area contributed by atoms with Crippen molar-refractivity contribution in [1.29, 1.82) is 0 Å². The van der Waals surface area contributed by atoms with Gasteiger partial charge in [-0.1, -0.05) is 116 Å². The summed E-state index contributed by atoms with van der Waals surface area (Å²) in [6, 6.07) is 17.5. The molecule has 2 aromatic rings. The Hall–Kier alpha value is -3.15. The lowest BCUT2D eigenvalue weighted by molar-refractivity contribution is -0.147. The van der Waals surface area contributed by atoms with Crippen LogP contribution >= 0.6 is 0 Å². The van der Waals surface area contributed by atoms with Gasteiger partial charge in [-0.25, -0.2) is 4.79 Å². The highest BCUT2D eigenvalue weighted by molar-refractivity contribution is 5.91. The van der Waals surface area contributed by atoms with Gasteiger partial charge in [-0.3, -0.25) is 9.59 Å². The second-order valence-electron chi connectivity index (χ2n) is 15.0. The molecule has 3 unspecified atom stereocenters. The average Bonchev–Trinajstić information content (AvgIpc) is 2.91. The van der Waals surface area contributed by atoms with Crippen LogP contribution in [0.1, 0.15) is 99.1 Å². The summed E-state index contributed by atoms with van der Waals surface area (Å²) in [5.74, 6) is -0.579. The van der Waals surface area contributed by atoms with E-state index >= 15 is 0 Å². The lowest BCUT2D eigenvalue weighted by Crippen LogP contribution is -2.54. The molecule has 0 aromatic heterocycles. The molecular weight excluding hydrogens is 548 g/mol. The fraction of sp³-hybridized carbons (Fsp3) is 0.605. The van der Waals surface area contributed by atoms with Crippen molar-refractivity contribution in [3.63, 3.8) is 0 Å². The maximum atomic E-state index is 14.1. The van der Waals surface area contributed by atoms with E-state index in [1.165, 1.54) is 0 Å². The second kappa shape index (κ2) is 17.4. The molecule has 0 spiro atoms. The number of esters is 1. The predicted octanol–water partition coefficient (Wildman–Crippen LogP) is 7.55. The van der Waals surface area contributed by atoms with Crippen LogP contribution < -0.4 is 10.6 Å². The molecule has 244 valence electrons. The zero-order valence-corrected chi connectivity index (χ0v) is 28.7. The van der Waals surface area contributed by atoms with Crippen LogP contribution in [0.25, 0.3) is 0 Å². The third-order valence-electron chi connectivity index (χ3n) is 7.98. The van der Waals surface area contributed by atoms with E-state index in [0.717, 1.165) is 36.8 Å². The molecule has 0 heterocycles. The number of ether oxygens (including phenoxy) is 1. The molecule has 6 heteroatoms. The van der Waals surface area contributed by atoms with Gasteiger partial charge < -0.3 is 15.4 Å². The SMILES string of the molecule is CCOC(=O)[C@H](Cc1ccccc1)NC(=O)[C@H](Cc1ccccc1)NC(=O)C(CCC(C)CC(C)(C)C)C(C)CC(C)(C)C. The summed E-state index contributed by atoms with van der Waals surface area (Å²) < 4.78 is 5.32. The molecule has 0 aliphatic rings. The number of amides is 2. The van der Waals surface area contributed by atoms with Crippen LogP contribution in [-0.2, 0) is 32.0 Å². The minimum atomic E-state index is -0.867. The number of benzene rings is 2. The zero-order chi connectivity index (χ0) is 32.9. The number of carbonyl (C=O) groups excluding carboxylic acids is 3. The Labute approximate surface area is 267 Å². The zero-order valence-electron chi connectivity index (χ0n) is 28.7. The van der Waals surface area contributed by atoms with Gasteiger partial charge in [-0.15, -0.1) is 0 Å². The maximum absolute atomic E-state index is 14.1.